The number of carbonyl (C=O) groups is 2. The molecule has 0 aromatic heterocycles. The average molecular weight is 773 g/mol. The maximum absolute atomic E-state index is 13.7. The van der Waals surface area contributed by atoms with E-state index in [2.05, 4.69) is 0 Å². The molecule has 2 heterocycles. The lowest BCUT2D eigenvalue weighted by molar-refractivity contribution is -0.147. The van der Waals surface area contributed by atoms with Crippen molar-refractivity contribution >= 4 is 33.5 Å². The van der Waals surface area contributed by atoms with Crippen LogP contribution in [0.5, 0.6) is 23.0 Å². The lowest BCUT2D eigenvalue weighted by Gasteiger charge is -2.31. The highest BCUT2D eigenvalue weighted by Crippen LogP contribution is 2.39. The minimum atomic E-state index is -0.804. The topological polar surface area (TPSA) is 140 Å². The molecule has 0 saturated heterocycles. The fraction of sp³-hybridized carbons (Fsp3) is 0.381. The minimum absolute atomic E-state index is 0.0586. The van der Waals surface area contributed by atoms with Gasteiger partial charge in [-0.15, -0.1) is 0 Å². The molecule has 12 heteroatoms. The van der Waals surface area contributed by atoms with Crippen LogP contribution in [0.2, 0.25) is 0 Å². The Bertz CT molecular complexity index is 1820. The molecule has 0 fully saturated rings. The van der Waals surface area contributed by atoms with Gasteiger partial charge < -0.3 is 29.9 Å². The van der Waals surface area contributed by atoms with Crippen LogP contribution in [-0.4, -0.2) is 80.0 Å². The minimum Gasteiger partial charge on any atom is -0.507 e. The molecular formula is C42H48N2O8S2. The SMILES string of the molecule is COC(=O)[C@@H]1CSSC[C@@H](C(=O)OC)N2Cc3cc(C)cc(c3O)Cc3cc(C)cc(c3O)CN1Cc1cc(C)cc(c1O)Cc1cc(C)cc(c1O)C2. The fourth-order valence-electron chi connectivity index (χ4n) is 7.74. The number of phenols is 4. The summed E-state index contributed by atoms with van der Waals surface area (Å²) in [4.78, 5) is 31.2. The average Bonchev–Trinajstić information content (AvgIpc) is 3.12. The van der Waals surface area contributed by atoms with Gasteiger partial charge >= 0.3 is 11.9 Å². The van der Waals surface area contributed by atoms with Gasteiger partial charge in [0.15, 0.2) is 0 Å². The van der Waals surface area contributed by atoms with Gasteiger partial charge in [0.2, 0.25) is 0 Å². The summed E-state index contributed by atoms with van der Waals surface area (Å²) in [6, 6.07) is 13.5. The Balaban J connectivity index is 1.65. The number of hydrogen-bond donors (Lipinski definition) is 4. The van der Waals surface area contributed by atoms with Crippen LogP contribution in [0.25, 0.3) is 0 Å². The van der Waals surface area contributed by atoms with Gasteiger partial charge in [-0.3, -0.25) is 19.4 Å². The van der Waals surface area contributed by atoms with Gasteiger partial charge in [0.1, 0.15) is 35.1 Å². The first-order chi connectivity index (χ1) is 25.8. The normalized spacial score (nSPS) is 20.5. The third-order valence-corrected chi connectivity index (χ3v) is 12.7. The zero-order valence-corrected chi connectivity index (χ0v) is 33.2. The quantitative estimate of drug-likeness (QED) is 0.127. The van der Waals surface area contributed by atoms with Crippen LogP contribution in [0.3, 0.4) is 0 Å². The van der Waals surface area contributed by atoms with E-state index >= 15 is 0 Å². The number of nitrogens with zero attached hydrogens (tertiary/aromatic N) is 2. The van der Waals surface area contributed by atoms with E-state index in [0.717, 1.165) is 22.3 Å². The van der Waals surface area contributed by atoms with Gasteiger partial charge in [0.05, 0.1) is 14.2 Å². The Labute approximate surface area is 324 Å². The van der Waals surface area contributed by atoms with E-state index < -0.39 is 24.0 Å². The van der Waals surface area contributed by atoms with Crippen LogP contribution in [0.1, 0.15) is 66.8 Å². The van der Waals surface area contributed by atoms with E-state index in [9.17, 15) is 30.0 Å². The number of rotatable bonds is 2. The van der Waals surface area contributed by atoms with Crippen LogP contribution < -0.4 is 0 Å². The molecule has 54 heavy (non-hydrogen) atoms. The predicted molar refractivity (Wildman–Crippen MR) is 212 cm³/mol. The molecule has 2 atom stereocenters. The summed E-state index contributed by atoms with van der Waals surface area (Å²) in [6.07, 6.45) is 0.440. The van der Waals surface area contributed by atoms with Crippen molar-refractivity contribution in [3.63, 3.8) is 0 Å². The number of methoxy groups -OCH3 is 2. The second kappa shape index (κ2) is 16.6. The first-order valence-electron chi connectivity index (χ1n) is 17.9. The van der Waals surface area contributed by atoms with Crippen molar-refractivity contribution in [1.82, 2.24) is 9.80 Å². The number of benzene rings is 4. The predicted octanol–water partition coefficient (Wildman–Crippen LogP) is 6.72. The number of fused-ring (bicyclic) bond motifs is 15. The molecule has 0 saturated carbocycles. The van der Waals surface area contributed by atoms with Gasteiger partial charge in [0.25, 0.3) is 0 Å². The fourth-order valence-corrected chi connectivity index (χ4v) is 10.2. The summed E-state index contributed by atoms with van der Waals surface area (Å²) >= 11 is 0. The number of esters is 2. The van der Waals surface area contributed by atoms with Gasteiger partial charge in [0, 0.05) is 72.8 Å². The molecular weight excluding hydrogens is 725 g/mol. The summed E-state index contributed by atoms with van der Waals surface area (Å²) in [7, 11) is 5.51. The monoisotopic (exact) mass is 772 g/mol. The first-order valence-corrected chi connectivity index (χ1v) is 20.4. The number of aromatic hydroxyl groups is 4. The van der Waals surface area contributed by atoms with Crippen LogP contribution >= 0.6 is 21.6 Å². The largest absolute Gasteiger partial charge is 0.507 e. The highest BCUT2D eigenvalue weighted by Gasteiger charge is 2.33. The third-order valence-electron chi connectivity index (χ3n) is 10.3. The second-order valence-corrected chi connectivity index (χ2v) is 17.1. The highest BCUT2D eigenvalue weighted by atomic mass is 33.1. The van der Waals surface area contributed by atoms with Crippen LogP contribution in [0.15, 0.2) is 48.5 Å². The molecule has 4 aromatic rings. The molecule has 286 valence electrons. The van der Waals surface area contributed by atoms with Crippen molar-refractivity contribution in [3.8, 4) is 23.0 Å². The van der Waals surface area contributed by atoms with Crippen molar-refractivity contribution < 1.29 is 39.5 Å². The van der Waals surface area contributed by atoms with Crippen molar-refractivity contribution in [2.24, 2.45) is 0 Å². The zero-order valence-electron chi connectivity index (χ0n) is 31.6. The summed E-state index contributed by atoms with van der Waals surface area (Å²) in [5.41, 5.74) is 8.37. The molecule has 0 spiro atoms. The Kier molecular flexibility index (Phi) is 12.1. The van der Waals surface area contributed by atoms with E-state index in [1.54, 1.807) is 0 Å². The smallest absolute Gasteiger partial charge is 0.323 e. The van der Waals surface area contributed by atoms with Crippen molar-refractivity contribution in [3.05, 3.63) is 115 Å². The van der Waals surface area contributed by atoms with Gasteiger partial charge in [-0.25, -0.2) is 0 Å². The molecule has 0 aliphatic carbocycles. The highest BCUT2D eigenvalue weighted by molar-refractivity contribution is 8.76. The zero-order chi connectivity index (χ0) is 38.8. The van der Waals surface area contributed by atoms with Crippen molar-refractivity contribution in [2.75, 3.05) is 25.7 Å². The van der Waals surface area contributed by atoms with E-state index in [-0.39, 0.29) is 73.5 Å². The Hall–Kier alpha value is -4.36. The molecule has 0 amide bonds. The summed E-state index contributed by atoms with van der Waals surface area (Å²) in [5, 5.41) is 47.5. The molecule has 4 N–H and O–H groups in total. The summed E-state index contributed by atoms with van der Waals surface area (Å²) in [6.45, 7) is 8.33. The van der Waals surface area contributed by atoms with Gasteiger partial charge in [-0.2, -0.15) is 0 Å². The first kappa shape index (κ1) is 39.3. The number of hydrogen-bond acceptors (Lipinski definition) is 12. The van der Waals surface area contributed by atoms with Crippen molar-refractivity contribution in [1.29, 1.82) is 0 Å². The van der Waals surface area contributed by atoms with Crippen LogP contribution in [0.4, 0.5) is 0 Å². The number of ether oxygens (including phenoxy) is 2. The van der Waals surface area contributed by atoms with E-state index in [4.69, 9.17) is 9.47 Å². The summed E-state index contributed by atoms with van der Waals surface area (Å²) < 4.78 is 10.7. The van der Waals surface area contributed by atoms with Crippen LogP contribution in [0, 0.1) is 27.7 Å². The summed E-state index contributed by atoms with van der Waals surface area (Å²) in [5.74, 6) is -0.175. The van der Waals surface area contributed by atoms with Crippen molar-refractivity contribution in [2.45, 2.75) is 78.8 Å². The molecule has 0 unspecified atom stereocenters. The molecule has 2 aliphatic rings. The van der Waals surface area contributed by atoms with Gasteiger partial charge in [-0.1, -0.05) is 92.4 Å². The maximum atomic E-state index is 13.7. The Morgan fingerprint density at radius 1 is 0.500 bits per heavy atom. The number of carbonyl (C=O) groups excluding carboxylic acids is 2. The molecule has 0 radical (unpaired) electrons. The number of phenolic OH excluding ortho intramolecular Hbond substituents is 4. The third kappa shape index (κ3) is 8.47. The van der Waals surface area contributed by atoms with Gasteiger partial charge in [-0.05, 0) is 49.9 Å². The molecule has 10 nitrogen and oxygen atoms in total. The molecule has 10 bridgehead atoms. The Morgan fingerprint density at radius 2 is 0.741 bits per heavy atom. The van der Waals surface area contributed by atoms with Crippen LogP contribution in [-0.2, 0) is 58.1 Å². The second-order valence-electron chi connectivity index (χ2n) is 14.5. The molecule has 6 rings (SSSR count). The maximum Gasteiger partial charge on any atom is 0.323 e. The van der Waals surface area contributed by atoms with E-state index in [0.29, 0.717) is 44.5 Å². The molecule has 2 aliphatic heterocycles. The van der Waals surface area contributed by atoms with E-state index in [1.165, 1.54) is 35.8 Å². The molecule has 4 aromatic carbocycles. The lowest BCUT2D eigenvalue weighted by Crippen LogP contribution is -2.43. The Morgan fingerprint density at radius 3 is 0.981 bits per heavy atom. The standard InChI is InChI=1S/C42H48N2O8S2/c1-23-7-27-15-28-8-24(2)12-33(38(28)46)19-44-20-34-14-26(4)10-30(40(34)48)16-29-9-25(3)13-32(39(29)47)18-43(17-31(11-23)37(27)45)35(41(49)51-5)21-53-54-22-36(44)42(50)52-6/h7-14,35-36,45-48H,15-22H2,1-6H3/t35-,36-/m0/s1. The van der Waals surface area contributed by atoms with E-state index in [1.807, 2.05) is 86.0 Å². The lowest BCUT2D eigenvalue weighted by atomic mass is 9.93. The number of aryl methyl sites for hydroxylation is 4.